The third kappa shape index (κ3) is 5.17. The average Bonchev–Trinajstić information content (AvgIpc) is 2.30. The molecule has 2 unspecified atom stereocenters. The van der Waals surface area contributed by atoms with Gasteiger partial charge < -0.3 is 16.4 Å². The van der Waals surface area contributed by atoms with Crippen LogP contribution >= 0.6 is 0 Å². The Morgan fingerprint density at radius 3 is 3.00 bits per heavy atom. The second-order valence-electron chi connectivity index (χ2n) is 4.77. The van der Waals surface area contributed by atoms with Gasteiger partial charge in [0.05, 0.1) is 0 Å². The first kappa shape index (κ1) is 14.0. The zero-order valence-electron chi connectivity index (χ0n) is 10.5. The van der Waals surface area contributed by atoms with E-state index in [0.29, 0.717) is 18.9 Å². The van der Waals surface area contributed by atoms with Gasteiger partial charge >= 0.3 is 0 Å². The van der Waals surface area contributed by atoms with Gasteiger partial charge in [0.15, 0.2) is 0 Å². The molecule has 0 bridgehead atoms. The molecule has 1 aliphatic rings. The largest absolute Gasteiger partial charge is 0.354 e. The van der Waals surface area contributed by atoms with Gasteiger partial charge in [-0.2, -0.15) is 0 Å². The third-order valence-electron chi connectivity index (χ3n) is 3.14. The first-order valence-electron chi connectivity index (χ1n) is 6.40. The maximum atomic E-state index is 11.6. The van der Waals surface area contributed by atoms with Crippen molar-refractivity contribution in [3.8, 4) is 0 Å². The molecule has 1 aliphatic heterocycles. The predicted molar refractivity (Wildman–Crippen MR) is 66.2 cm³/mol. The van der Waals surface area contributed by atoms with Gasteiger partial charge in [0.25, 0.3) is 0 Å². The molecular formula is C12H23N3O2. The Bertz CT molecular complexity index is 268. The molecule has 1 saturated heterocycles. The Hall–Kier alpha value is -1.10. The fourth-order valence-corrected chi connectivity index (χ4v) is 1.98. The van der Waals surface area contributed by atoms with Crippen LogP contribution < -0.4 is 16.4 Å². The molecule has 4 N–H and O–H groups in total. The van der Waals surface area contributed by atoms with Crippen molar-refractivity contribution >= 4 is 11.8 Å². The SMILES string of the molecule is CC(CCN)CCC(=O)NC1CCCNC1=O. The molecular weight excluding hydrogens is 218 g/mol. The van der Waals surface area contributed by atoms with Crippen LogP contribution in [0.15, 0.2) is 0 Å². The van der Waals surface area contributed by atoms with Gasteiger partial charge in [-0.1, -0.05) is 6.92 Å². The smallest absolute Gasteiger partial charge is 0.242 e. The van der Waals surface area contributed by atoms with E-state index in [9.17, 15) is 9.59 Å². The minimum absolute atomic E-state index is 0.0316. The zero-order valence-corrected chi connectivity index (χ0v) is 10.5. The molecule has 0 radical (unpaired) electrons. The van der Waals surface area contributed by atoms with Crippen molar-refractivity contribution in [1.82, 2.24) is 10.6 Å². The summed E-state index contributed by atoms with van der Waals surface area (Å²) in [4.78, 5) is 23.1. The summed E-state index contributed by atoms with van der Waals surface area (Å²) < 4.78 is 0. The highest BCUT2D eigenvalue weighted by atomic mass is 16.2. The second-order valence-corrected chi connectivity index (χ2v) is 4.77. The quantitative estimate of drug-likeness (QED) is 0.618. The number of amides is 2. The third-order valence-corrected chi connectivity index (χ3v) is 3.14. The van der Waals surface area contributed by atoms with Gasteiger partial charge in [0.1, 0.15) is 6.04 Å². The number of hydrogen-bond donors (Lipinski definition) is 3. The lowest BCUT2D eigenvalue weighted by Gasteiger charge is -2.23. The lowest BCUT2D eigenvalue weighted by atomic mass is 10.0. The maximum Gasteiger partial charge on any atom is 0.242 e. The van der Waals surface area contributed by atoms with Gasteiger partial charge in [0.2, 0.25) is 11.8 Å². The van der Waals surface area contributed by atoms with Crippen molar-refractivity contribution in [3.05, 3.63) is 0 Å². The minimum atomic E-state index is -0.332. The monoisotopic (exact) mass is 241 g/mol. The fraction of sp³-hybridized carbons (Fsp3) is 0.833. The summed E-state index contributed by atoms with van der Waals surface area (Å²) in [5, 5.41) is 5.54. The number of hydrogen-bond acceptors (Lipinski definition) is 3. The van der Waals surface area contributed by atoms with Crippen LogP contribution in [-0.2, 0) is 9.59 Å². The summed E-state index contributed by atoms with van der Waals surface area (Å²) in [5.41, 5.74) is 5.45. The van der Waals surface area contributed by atoms with Crippen LogP contribution in [0, 0.1) is 5.92 Å². The van der Waals surface area contributed by atoms with Crippen molar-refractivity contribution in [3.63, 3.8) is 0 Å². The van der Waals surface area contributed by atoms with Crippen molar-refractivity contribution in [1.29, 1.82) is 0 Å². The second kappa shape index (κ2) is 7.27. The molecule has 5 heteroatoms. The van der Waals surface area contributed by atoms with E-state index in [1.807, 2.05) is 0 Å². The van der Waals surface area contributed by atoms with E-state index >= 15 is 0 Å². The minimum Gasteiger partial charge on any atom is -0.354 e. The topological polar surface area (TPSA) is 84.2 Å². The van der Waals surface area contributed by atoms with E-state index in [2.05, 4.69) is 17.6 Å². The Labute approximate surface area is 103 Å². The van der Waals surface area contributed by atoms with E-state index in [1.54, 1.807) is 0 Å². The van der Waals surface area contributed by atoms with Crippen molar-refractivity contribution < 1.29 is 9.59 Å². The van der Waals surface area contributed by atoms with Gasteiger partial charge in [-0.25, -0.2) is 0 Å². The number of carbonyl (C=O) groups is 2. The first-order valence-corrected chi connectivity index (χ1v) is 6.40. The highest BCUT2D eigenvalue weighted by molar-refractivity contribution is 5.87. The average molecular weight is 241 g/mol. The maximum absolute atomic E-state index is 11.6. The number of nitrogens with one attached hydrogen (secondary N) is 2. The van der Waals surface area contributed by atoms with Gasteiger partial charge in [-0.3, -0.25) is 9.59 Å². The Kier molecular flexibility index (Phi) is 5.97. The van der Waals surface area contributed by atoms with Crippen LogP contribution in [0.1, 0.15) is 39.0 Å². The molecule has 2 amide bonds. The predicted octanol–water partition coefficient (Wildman–Crippen LogP) is 0.146. The van der Waals surface area contributed by atoms with Crippen LogP contribution in [-0.4, -0.2) is 30.9 Å². The fourth-order valence-electron chi connectivity index (χ4n) is 1.98. The standard InChI is InChI=1S/C12H23N3O2/c1-9(6-7-13)4-5-11(16)15-10-3-2-8-14-12(10)17/h9-10H,2-8,13H2,1H3,(H,14,17)(H,15,16). The summed E-state index contributed by atoms with van der Waals surface area (Å²) in [6.07, 6.45) is 3.93. The van der Waals surface area contributed by atoms with Crippen LogP contribution in [0.4, 0.5) is 0 Å². The molecule has 1 heterocycles. The molecule has 0 aromatic carbocycles. The normalized spacial score (nSPS) is 21.8. The number of nitrogens with two attached hydrogens (primary N) is 1. The van der Waals surface area contributed by atoms with Crippen LogP contribution in [0.5, 0.6) is 0 Å². The molecule has 1 fully saturated rings. The van der Waals surface area contributed by atoms with E-state index in [1.165, 1.54) is 0 Å². The summed E-state index contributed by atoms with van der Waals surface area (Å²) in [6, 6.07) is -0.332. The molecule has 1 rings (SSSR count). The number of rotatable bonds is 6. The van der Waals surface area contributed by atoms with Gasteiger partial charge in [0, 0.05) is 13.0 Å². The lowest BCUT2D eigenvalue weighted by molar-refractivity contribution is -0.130. The highest BCUT2D eigenvalue weighted by Gasteiger charge is 2.23. The van der Waals surface area contributed by atoms with Gasteiger partial charge in [-0.15, -0.1) is 0 Å². The lowest BCUT2D eigenvalue weighted by Crippen LogP contribution is -2.50. The Balaban J connectivity index is 2.22. The number of piperidine rings is 1. The van der Waals surface area contributed by atoms with E-state index < -0.39 is 0 Å². The van der Waals surface area contributed by atoms with Crippen molar-refractivity contribution in [2.75, 3.05) is 13.1 Å². The van der Waals surface area contributed by atoms with Crippen molar-refractivity contribution in [2.24, 2.45) is 11.7 Å². The van der Waals surface area contributed by atoms with Crippen LogP contribution in [0.2, 0.25) is 0 Å². The summed E-state index contributed by atoms with van der Waals surface area (Å²) in [7, 11) is 0. The van der Waals surface area contributed by atoms with Crippen molar-refractivity contribution in [2.45, 2.75) is 45.1 Å². The van der Waals surface area contributed by atoms with E-state index in [-0.39, 0.29) is 17.9 Å². The summed E-state index contributed by atoms with van der Waals surface area (Å²) in [6.45, 7) is 3.47. The molecule has 17 heavy (non-hydrogen) atoms. The molecule has 0 aliphatic carbocycles. The summed E-state index contributed by atoms with van der Waals surface area (Å²) >= 11 is 0. The molecule has 2 atom stereocenters. The molecule has 0 aromatic heterocycles. The Morgan fingerprint density at radius 2 is 2.35 bits per heavy atom. The van der Waals surface area contributed by atoms with Crippen LogP contribution in [0.25, 0.3) is 0 Å². The molecule has 5 nitrogen and oxygen atoms in total. The summed E-state index contributed by atoms with van der Waals surface area (Å²) in [5.74, 6) is 0.376. The number of carbonyl (C=O) groups excluding carboxylic acids is 2. The van der Waals surface area contributed by atoms with Crippen LogP contribution in [0.3, 0.4) is 0 Å². The molecule has 0 saturated carbocycles. The van der Waals surface area contributed by atoms with Gasteiger partial charge in [-0.05, 0) is 38.1 Å². The molecule has 0 spiro atoms. The molecule has 98 valence electrons. The zero-order chi connectivity index (χ0) is 12.7. The highest BCUT2D eigenvalue weighted by Crippen LogP contribution is 2.09. The van der Waals surface area contributed by atoms with E-state index in [0.717, 1.165) is 32.2 Å². The Morgan fingerprint density at radius 1 is 1.59 bits per heavy atom. The van der Waals surface area contributed by atoms with E-state index in [4.69, 9.17) is 5.73 Å². The molecule has 0 aromatic rings. The first-order chi connectivity index (χ1) is 8.13.